The van der Waals surface area contributed by atoms with Crippen LogP contribution in [0.2, 0.25) is 0 Å². The minimum Gasteiger partial charge on any atom is -0.412 e. The first-order valence-corrected chi connectivity index (χ1v) is 2.02. The lowest BCUT2D eigenvalue weighted by Gasteiger charge is -1.77. The van der Waals surface area contributed by atoms with E-state index in [4.69, 9.17) is 5.21 Å². The summed E-state index contributed by atoms with van der Waals surface area (Å²) in [6.07, 6.45) is 3.10. The first-order valence-electron chi connectivity index (χ1n) is 2.02. The molecule has 0 aliphatic carbocycles. The van der Waals surface area contributed by atoms with Gasteiger partial charge in [0, 0.05) is 0 Å². The van der Waals surface area contributed by atoms with Gasteiger partial charge in [0.25, 0.3) is 0 Å². The third-order valence-corrected chi connectivity index (χ3v) is 0.726. The van der Waals surface area contributed by atoms with Crippen LogP contribution in [0.5, 0.6) is 0 Å². The van der Waals surface area contributed by atoms with Crippen molar-refractivity contribution < 1.29 is 10.0 Å². The van der Waals surface area contributed by atoms with E-state index in [9.17, 15) is 4.79 Å². The van der Waals surface area contributed by atoms with E-state index < -0.39 is 0 Å². The topological polar surface area (TPSA) is 55.1 Å². The molecule has 1 heterocycles. The molecule has 0 unspecified atom stereocenters. The molecule has 4 heteroatoms. The molecule has 1 aromatic heterocycles. The Morgan fingerprint density at radius 1 is 1.88 bits per heavy atom. The molecule has 0 aromatic carbocycles. The highest BCUT2D eigenvalue weighted by molar-refractivity contribution is 5.73. The van der Waals surface area contributed by atoms with Gasteiger partial charge in [-0.15, -0.1) is 9.94 Å². The molecule has 1 N–H and O–H groups in total. The molecule has 0 aliphatic heterocycles. The molecule has 0 radical (unpaired) electrons. The molecule has 0 bridgehead atoms. The lowest BCUT2D eigenvalue weighted by Crippen LogP contribution is -1.86. The van der Waals surface area contributed by atoms with Crippen molar-refractivity contribution in [3.63, 3.8) is 0 Å². The Bertz CT molecular complexity index is 194. The van der Waals surface area contributed by atoms with E-state index in [0.717, 1.165) is 0 Å². The summed E-state index contributed by atoms with van der Waals surface area (Å²) in [5, 5.41) is 11.8. The van der Waals surface area contributed by atoms with Gasteiger partial charge in [0.05, 0.1) is 18.0 Å². The lowest BCUT2D eigenvalue weighted by atomic mass is 10.4. The van der Waals surface area contributed by atoms with Crippen molar-refractivity contribution in [1.82, 2.24) is 9.94 Å². The fraction of sp³-hybridized carbons (Fsp3) is 0. The van der Waals surface area contributed by atoms with Crippen LogP contribution in [0, 0.1) is 0 Å². The molecule has 1 rings (SSSR count). The van der Waals surface area contributed by atoms with Gasteiger partial charge < -0.3 is 5.21 Å². The van der Waals surface area contributed by atoms with Crippen LogP contribution in [0.3, 0.4) is 0 Å². The smallest absolute Gasteiger partial charge is 0.153 e. The van der Waals surface area contributed by atoms with Crippen LogP contribution in [0.25, 0.3) is 0 Å². The molecule has 4 nitrogen and oxygen atoms in total. The van der Waals surface area contributed by atoms with Crippen molar-refractivity contribution >= 4 is 6.29 Å². The molecule has 8 heavy (non-hydrogen) atoms. The second kappa shape index (κ2) is 1.65. The normalized spacial score (nSPS) is 9.00. The minimum atomic E-state index is 0.368. The van der Waals surface area contributed by atoms with E-state index in [0.29, 0.717) is 16.7 Å². The van der Waals surface area contributed by atoms with E-state index in [2.05, 4.69) is 5.10 Å². The van der Waals surface area contributed by atoms with Crippen molar-refractivity contribution in [3.05, 3.63) is 18.0 Å². The highest BCUT2D eigenvalue weighted by Crippen LogP contribution is 1.87. The quantitative estimate of drug-likeness (QED) is 0.408. The average molecular weight is 112 g/mol. The van der Waals surface area contributed by atoms with Gasteiger partial charge in [0.2, 0.25) is 0 Å². The summed E-state index contributed by atoms with van der Waals surface area (Å²) in [6.45, 7) is 0. The summed E-state index contributed by atoms with van der Waals surface area (Å²) in [6, 6.07) is 0. The Hall–Kier alpha value is -1.32. The van der Waals surface area contributed by atoms with Crippen molar-refractivity contribution in [2.24, 2.45) is 0 Å². The maximum absolute atomic E-state index is 9.86. The van der Waals surface area contributed by atoms with Crippen LogP contribution in [-0.2, 0) is 0 Å². The molecule has 0 aliphatic rings. The number of aldehydes is 1. The predicted molar refractivity (Wildman–Crippen MR) is 24.8 cm³/mol. The van der Waals surface area contributed by atoms with Crippen LogP contribution in [-0.4, -0.2) is 21.4 Å². The Kier molecular flexibility index (Phi) is 0.997. The third kappa shape index (κ3) is 0.676. The van der Waals surface area contributed by atoms with Gasteiger partial charge in [-0.1, -0.05) is 0 Å². The number of hydrogen-bond donors (Lipinski definition) is 1. The summed E-state index contributed by atoms with van der Waals surface area (Å²) in [4.78, 5) is 10.4. The first kappa shape index (κ1) is 4.83. The van der Waals surface area contributed by atoms with Gasteiger partial charge in [-0.3, -0.25) is 4.79 Å². The zero-order valence-corrected chi connectivity index (χ0v) is 3.98. The zero-order valence-electron chi connectivity index (χ0n) is 3.98. The maximum atomic E-state index is 9.86. The van der Waals surface area contributed by atoms with Gasteiger partial charge in [-0.2, -0.15) is 0 Å². The van der Waals surface area contributed by atoms with Crippen molar-refractivity contribution in [3.8, 4) is 0 Å². The van der Waals surface area contributed by atoms with Crippen molar-refractivity contribution in [2.75, 3.05) is 0 Å². The Labute approximate surface area is 45.3 Å². The van der Waals surface area contributed by atoms with E-state index in [1.54, 1.807) is 0 Å². The third-order valence-electron chi connectivity index (χ3n) is 0.726. The van der Waals surface area contributed by atoms with Gasteiger partial charge in [-0.25, -0.2) is 0 Å². The van der Waals surface area contributed by atoms with E-state index in [-0.39, 0.29) is 0 Å². The second-order valence-corrected chi connectivity index (χ2v) is 1.31. The zero-order chi connectivity index (χ0) is 5.98. The summed E-state index contributed by atoms with van der Waals surface area (Å²) < 4.78 is 0. The number of carbonyl (C=O) groups excluding carboxylic acids is 1. The van der Waals surface area contributed by atoms with Crippen LogP contribution >= 0.6 is 0 Å². The summed E-state index contributed by atoms with van der Waals surface area (Å²) in [5.41, 5.74) is 0.368. The highest BCUT2D eigenvalue weighted by Gasteiger charge is 1.90. The lowest BCUT2D eigenvalue weighted by molar-refractivity contribution is 0.111. The second-order valence-electron chi connectivity index (χ2n) is 1.31. The maximum Gasteiger partial charge on any atom is 0.153 e. The molecule has 0 atom stereocenters. The van der Waals surface area contributed by atoms with E-state index in [1.807, 2.05) is 0 Å². The highest BCUT2D eigenvalue weighted by atomic mass is 16.5. The molecule has 42 valence electrons. The summed E-state index contributed by atoms with van der Waals surface area (Å²) in [5.74, 6) is 0. The largest absolute Gasteiger partial charge is 0.412 e. The average Bonchev–Trinajstić information content (AvgIpc) is 2.14. The Morgan fingerprint density at radius 2 is 2.62 bits per heavy atom. The van der Waals surface area contributed by atoms with Crippen LogP contribution < -0.4 is 0 Å². The molecule has 0 saturated carbocycles. The van der Waals surface area contributed by atoms with Gasteiger partial charge >= 0.3 is 0 Å². The van der Waals surface area contributed by atoms with Gasteiger partial charge in [0.1, 0.15) is 0 Å². The number of hydrogen-bond acceptors (Lipinski definition) is 3. The van der Waals surface area contributed by atoms with Gasteiger partial charge in [-0.05, 0) is 0 Å². The first-order chi connectivity index (χ1) is 3.83. The molecule has 0 saturated heterocycles. The predicted octanol–water partition coefficient (Wildman–Crippen LogP) is -0.0671. The number of carbonyl (C=O) groups is 1. The van der Waals surface area contributed by atoms with Crippen LogP contribution in [0.4, 0.5) is 0 Å². The molecule has 1 aromatic rings. The van der Waals surface area contributed by atoms with Crippen molar-refractivity contribution in [2.45, 2.75) is 0 Å². The molecule has 0 amide bonds. The Balaban J connectivity index is 3.00. The fourth-order valence-electron chi connectivity index (χ4n) is 0.387. The molecular formula is C4H4N2O2. The van der Waals surface area contributed by atoms with Crippen LogP contribution in [0.15, 0.2) is 12.4 Å². The number of aromatic nitrogens is 2. The number of rotatable bonds is 1. The van der Waals surface area contributed by atoms with Crippen molar-refractivity contribution in [1.29, 1.82) is 0 Å². The molecule has 0 spiro atoms. The minimum absolute atomic E-state index is 0.368. The van der Waals surface area contributed by atoms with Crippen LogP contribution in [0.1, 0.15) is 10.4 Å². The molecule has 0 fully saturated rings. The van der Waals surface area contributed by atoms with Gasteiger partial charge in [0.15, 0.2) is 6.29 Å². The summed E-state index contributed by atoms with van der Waals surface area (Å²) in [7, 11) is 0. The van der Waals surface area contributed by atoms with E-state index >= 15 is 0 Å². The monoisotopic (exact) mass is 112 g/mol. The standard InChI is InChI=1S/C4H4N2O2/c7-3-4-1-5-6(8)2-4/h1-3,8H. The van der Waals surface area contributed by atoms with E-state index in [1.165, 1.54) is 12.4 Å². The SMILES string of the molecule is O=Cc1cnn(O)c1. The molecular weight excluding hydrogens is 108 g/mol. The number of nitrogens with zero attached hydrogens (tertiary/aromatic N) is 2. The summed E-state index contributed by atoms with van der Waals surface area (Å²) >= 11 is 0. The Morgan fingerprint density at radius 3 is 2.88 bits per heavy atom. The fourth-order valence-corrected chi connectivity index (χ4v) is 0.387.